The highest BCUT2D eigenvalue weighted by atomic mass is 35.5. The largest absolute Gasteiger partial charge is 0.337 e. The summed E-state index contributed by atoms with van der Waals surface area (Å²) in [4.78, 5) is 8.52. The molecule has 0 saturated heterocycles. The molecule has 0 fully saturated rings. The van der Waals surface area contributed by atoms with Crippen molar-refractivity contribution in [3.63, 3.8) is 0 Å². The van der Waals surface area contributed by atoms with Crippen molar-refractivity contribution in [3.8, 4) is 34.7 Å². The summed E-state index contributed by atoms with van der Waals surface area (Å²) in [5.74, 6) is 0.442. The monoisotopic (exact) mass is 532 g/mol. The number of nitrogens with one attached hydrogen (secondary N) is 1. The van der Waals surface area contributed by atoms with Gasteiger partial charge in [-0.25, -0.2) is 13.4 Å². The molecule has 6 nitrogen and oxygen atoms in total. The van der Waals surface area contributed by atoms with Crippen LogP contribution in [0.2, 0.25) is 5.02 Å². The van der Waals surface area contributed by atoms with Crippen LogP contribution in [0.25, 0.3) is 55.1 Å². The Morgan fingerprint density at radius 3 is 2.08 bits per heavy atom. The van der Waals surface area contributed by atoms with E-state index in [0.717, 1.165) is 38.2 Å². The number of fused-ring (bicyclic) bond motifs is 6. The Morgan fingerprint density at radius 1 is 0.789 bits per heavy atom. The zero-order valence-electron chi connectivity index (χ0n) is 19.9. The Hall–Kier alpha value is -4.69. The van der Waals surface area contributed by atoms with E-state index in [1.165, 1.54) is 6.26 Å². The van der Waals surface area contributed by atoms with E-state index in [1.54, 1.807) is 42.5 Å². The van der Waals surface area contributed by atoms with Crippen molar-refractivity contribution >= 4 is 54.0 Å². The summed E-state index contributed by atoms with van der Waals surface area (Å²) >= 11 is 6.41. The second-order valence-corrected chi connectivity index (χ2v) is 11.5. The number of halogens is 1. The maximum Gasteiger partial charge on any atom is 0.175 e. The lowest BCUT2D eigenvalue weighted by Crippen LogP contribution is -1.96. The number of hydrogen-bond donors (Lipinski definition) is 1. The summed E-state index contributed by atoms with van der Waals surface area (Å²) in [6.07, 6.45) is 1.19. The van der Waals surface area contributed by atoms with Gasteiger partial charge in [-0.15, -0.1) is 0 Å². The van der Waals surface area contributed by atoms with Gasteiger partial charge in [0.2, 0.25) is 0 Å². The third-order valence-electron chi connectivity index (χ3n) is 6.68. The fourth-order valence-corrected chi connectivity index (χ4v) is 5.68. The number of sulfone groups is 1. The van der Waals surface area contributed by atoms with Crippen molar-refractivity contribution < 1.29 is 8.42 Å². The standard InChI is InChI=1S/C30H17ClN4O2S/c1-38(36,37)22-9-5-17(6-10-22)18-7-11-23-25(13-18)26-14-21(31)8-12-24(26)29-28(23)34-30(35-29)27-19(15-32)3-2-4-20(27)16-33/h2-14H,1H3,(H,34,35). The summed E-state index contributed by atoms with van der Waals surface area (Å²) in [7, 11) is -3.29. The maximum atomic E-state index is 11.9. The van der Waals surface area contributed by atoms with Crippen molar-refractivity contribution in [1.82, 2.24) is 9.97 Å². The Kier molecular flexibility index (Phi) is 5.43. The third kappa shape index (κ3) is 3.77. The van der Waals surface area contributed by atoms with Gasteiger partial charge in [0.15, 0.2) is 9.84 Å². The molecule has 8 heteroatoms. The van der Waals surface area contributed by atoms with Crippen LogP contribution in [0.5, 0.6) is 0 Å². The molecule has 6 aromatic rings. The quantitative estimate of drug-likeness (QED) is 0.246. The molecule has 0 unspecified atom stereocenters. The number of H-pyrrole nitrogens is 1. The van der Waals surface area contributed by atoms with Crippen LogP contribution in [0.1, 0.15) is 11.1 Å². The number of benzene rings is 5. The second kappa shape index (κ2) is 8.71. The van der Waals surface area contributed by atoms with Crippen molar-refractivity contribution in [2.24, 2.45) is 0 Å². The van der Waals surface area contributed by atoms with Crippen LogP contribution in [-0.2, 0) is 9.84 Å². The van der Waals surface area contributed by atoms with Gasteiger partial charge in [0.1, 0.15) is 5.82 Å². The molecule has 38 heavy (non-hydrogen) atoms. The van der Waals surface area contributed by atoms with E-state index < -0.39 is 9.84 Å². The first-order valence-corrected chi connectivity index (χ1v) is 13.8. The summed E-state index contributed by atoms with van der Waals surface area (Å²) in [6, 6.07) is 27.8. The highest BCUT2D eigenvalue weighted by Crippen LogP contribution is 2.39. The molecule has 0 aliphatic rings. The lowest BCUT2D eigenvalue weighted by Gasteiger charge is -2.10. The van der Waals surface area contributed by atoms with E-state index in [4.69, 9.17) is 16.6 Å². The molecule has 1 heterocycles. The van der Waals surface area contributed by atoms with E-state index in [2.05, 4.69) is 17.1 Å². The van der Waals surface area contributed by atoms with Crippen molar-refractivity contribution in [2.75, 3.05) is 6.26 Å². The average molecular weight is 533 g/mol. The van der Waals surface area contributed by atoms with Gasteiger partial charge in [0.25, 0.3) is 0 Å². The van der Waals surface area contributed by atoms with Crippen LogP contribution in [0.3, 0.4) is 0 Å². The molecule has 0 radical (unpaired) electrons. The number of nitriles is 2. The molecule has 1 N–H and O–H groups in total. The fraction of sp³-hybridized carbons (Fsp3) is 0.0333. The maximum absolute atomic E-state index is 11.9. The minimum Gasteiger partial charge on any atom is -0.337 e. The molecule has 0 aliphatic carbocycles. The highest BCUT2D eigenvalue weighted by molar-refractivity contribution is 7.90. The van der Waals surface area contributed by atoms with Gasteiger partial charge in [0.05, 0.1) is 44.8 Å². The lowest BCUT2D eigenvalue weighted by atomic mass is 9.96. The molecule has 0 atom stereocenters. The number of hydrogen-bond acceptors (Lipinski definition) is 5. The first-order valence-electron chi connectivity index (χ1n) is 11.6. The number of imidazole rings is 1. The molecule has 6 rings (SSSR count). The molecule has 0 spiro atoms. The zero-order valence-corrected chi connectivity index (χ0v) is 21.5. The van der Waals surface area contributed by atoms with Crippen LogP contribution in [-0.4, -0.2) is 24.6 Å². The smallest absolute Gasteiger partial charge is 0.175 e. The predicted octanol–water partition coefficient (Wildman–Crippen LogP) is 7.00. The van der Waals surface area contributed by atoms with Gasteiger partial charge in [0, 0.05) is 22.1 Å². The number of aromatic amines is 1. The van der Waals surface area contributed by atoms with Crippen LogP contribution < -0.4 is 0 Å². The molecule has 0 bridgehead atoms. The summed E-state index contributed by atoms with van der Waals surface area (Å²) in [5.41, 5.74) is 4.46. The zero-order chi connectivity index (χ0) is 26.6. The van der Waals surface area contributed by atoms with Gasteiger partial charge < -0.3 is 4.98 Å². The summed E-state index contributed by atoms with van der Waals surface area (Å²) in [6.45, 7) is 0. The molecule has 1 aromatic heterocycles. The van der Waals surface area contributed by atoms with Crippen molar-refractivity contribution in [3.05, 3.63) is 95.0 Å². The van der Waals surface area contributed by atoms with Crippen molar-refractivity contribution in [2.45, 2.75) is 4.90 Å². The lowest BCUT2D eigenvalue weighted by molar-refractivity contribution is 0.602. The van der Waals surface area contributed by atoms with Crippen LogP contribution in [0.4, 0.5) is 0 Å². The Morgan fingerprint density at radius 2 is 1.42 bits per heavy atom. The van der Waals surface area contributed by atoms with Crippen LogP contribution in [0.15, 0.2) is 83.8 Å². The molecule has 0 aliphatic heterocycles. The normalized spacial score (nSPS) is 11.6. The minimum atomic E-state index is -3.29. The van der Waals surface area contributed by atoms with Gasteiger partial charge in [-0.05, 0) is 64.4 Å². The molecule has 0 amide bonds. The van der Waals surface area contributed by atoms with Gasteiger partial charge >= 0.3 is 0 Å². The molecule has 0 saturated carbocycles. The SMILES string of the molecule is CS(=O)(=O)c1ccc(-c2ccc3c(c2)c2cc(Cl)ccc2c2[nH]c(-c4c(C#N)cccc4C#N)nc32)cc1. The fourth-order valence-electron chi connectivity index (χ4n) is 4.88. The van der Waals surface area contributed by atoms with Gasteiger partial charge in [-0.1, -0.05) is 48.0 Å². The third-order valence-corrected chi connectivity index (χ3v) is 8.04. The van der Waals surface area contributed by atoms with Crippen LogP contribution in [0, 0.1) is 22.7 Å². The van der Waals surface area contributed by atoms with Crippen LogP contribution >= 0.6 is 11.6 Å². The summed E-state index contributed by atoms with van der Waals surface area (Å²) < 4.78 is 23.8. The molecular weight excluding hydrogens is 516 g/mol. The molecular formula is C30H17ClN4O2S. The van der Waals surface area contributed by atoms with E-state index >= 15 is 0 Å². The van der Waals surface area contributed by atoms with E-state index in [9.17, 15) is 18.9 Å². The van der Waals surface area contributed by atoms with Crippen molar-refractivity contribution in [1.29, 1.82) is 10.5 Å². The van der Waals surface area contributed by atoms with Gasteiger partial charge in [-0.2, -0.15) is 10.5 Å². The second-order valence-electron chi connectivity index (χ2n) is 9.01. The number of aromatic nitrogens is 2. The van der Waals surface area contributed by atoms with E-state index in [1.807, 2.05) is 36.4 Å². The Balaban J connectivity index is 1.65. The Labute approximate surface area is 223 Å². The molecule has 5 aromatic carbocycles. The minimum absolute atomic E-state index is 0.263. The topological polar surface area (TPSA) is 110 Å². The summed E-state index contributed by atoms with van der Waals surface area (Å²) in [5, 5.41) is 23.6. The highest BCUT2D eigenvalue weighted by Gasteiger charge is 2.19. The van der Waals surface area contributed by atoms with E-state index in [-0.39, 0.29) is 4.90 Å². The first-order chi connectivity index (χ1) is 18.3. The average Bonchev–Trinajstić information content (AvgIpc) is 3.37. The van der Waals surface area contributed by atoms with E-state index in [0.29, 0.717) is 33.1 Å². The Bertz CT molecular complexity index is 2100. The predicted molar refractivity (Wildman–Crippen MR) is 150 cm³/mol. The first kappa shape index (κ1) is 23.7. The number of rotatable bonds is 3. The molecule has 182 valence electrons. The number of nitrogens with zero attached hydrogens (tertiary/aromatic N) is 3. The van der Waals surface area contributed by atoms with Gasteiger partial charge in [-0.3, -0.25) is 0 Å².